The maximum absolute atomic E-state index is 12.8. The van der Waals surface area contributed by atoms with Crippen LogP contribution in [0.25, 0.3) is 10.2 Å². The molecule has 0 aliphatic carbocycles. The van der Waals surface area contributed by atoms with E-state index < -0.39 is 6.55 Å². The summed E-state index contributed by atoms with van der Waals surface area (Å²) >= 11 is 2.57. The number of rotatable bonds is 6. The van der Waals surface area contributed by atoms with Crippen molar-refractivity contribution in [1.82, 2.24) is 19.1 Å². The topological polar surface area (TPSA) is 52.7 Å². The standard InChI is InChI=1S/C14H12F2N4OS2/c1-2-5-20-12(21)9-3-7-22-11(9)18-14(20)23-8-10-17-4-6-19(10)13(15)16/h2-4,6-7,13H,1,5,8H2. The molecule has 0 atom stereocenters. The summed E-state index contributed by atoms with van der Waals surface area (Å²) in [5, 5.41) is 2.82. The largest absolute Gasteiger partial charge is 0.319 e. The smallest absolute Gasteiger partial charge is 0.283 e. The molecule has 0 bridgehead atoms. The molecule has 120 valence electrons. The Bertz CT molecular complexity index is 900. The van der Waals surface area contributed by atoms with Crippen LogP contribution in [0.2, 0.25) is 0 Å². The number of fused-ring (bicyclic) bond motifs is 1. The minimum Gasteiger partial charge on any atom is -0.283 e. The molecule has 3 aromatic heterocycles. The van der Waals surface area contributed by atoms with Gasteiger partial charge in [-0.25, -0.2) is 9.97 Å². The van der Waals surface area contributed by atoms with E-state index in [4.69, 9.17) is 0 Å². The minimum atomic E-state index is -2.64. The molecule has 3 rings (SSSR count). The van der Waals surface area contributed by atoms with Gasteiger partial charge in [-0.15, -0.1) is 17.9 Å². The molecule has 9 heteroatoms. The van der Waals surface area contributed by atoms with Crippen molar-refractivity contribution in [2.24, 2.45) is 0 Å². The van der Waals surface area contributed by atoms with Gasteiger partial charge in [0.1, 0.15) is 10.7 Å². The Hall–Kier alpha value is -2.00. The van der Waals surface area contributed by atoms with Crippen LogP contribution >= 0.6 is 23.1 Å². The van der Waals surface area contributed by atoms with Crippen molar-refractivity contribution in [2.75, 3.05) is 0 Å². The Balaban J connectivity index is 1.95. The number of imidazole rings is 1. The predicted molar refractivity (Wildman–Crippen MR) is 87.1 cm³/mol. The number of thioether (sulfide) groups is 1. The van der Waals surface area contributed by atoms with Crippen molar-refractivity contribution in [3.8, 4) is 0 Å². The van der Waals surface area contributed by atoms with Gasteiger partial charge in [-0.2, -0.15) is 8.78 Å². The third-order valence-electron chi connectivity index (χ3n) is 3.15. The number of allylic oxidation sites excluding steroid dienone is 1. The Morgan fingerprint density at radius 1 is 1.48 bits per heavy atom. The van der Waals surface area contributed by atoms with Crippen LogP contribution in [0.1, 0.15) is 12.4 Å². The lowest BCUT2D eigenvalue weighted by Gasteiger charge is -2.10. The molecular formula is C14H12F2N4OS2. The van der Waals surface area contributed by atoms with Crippen LogP contribution in [0.3, 0.4) is 0 Å². The Labute approximate surface area is 138 Å². The van der Waals surface area contributed by atoms with Crippen LogP contribution in [0.5, 0.6) is 0 Å². The Morgan fingerprint density at radius 2 is 2.30 bits per heavy atom. The van der Waals surface area contributed by atoms with Crippen molar-refractivity contribution in [1.29, 1.82) is 0 Å². The summed E-state index contributed by atoms with van der Waals surface area (Å²) in [6, 6.07) is 1.73. The number of hydrogen-bond donors (Lipinski definition) is 0. The highest BCUT2D eigenvalue weighted by Gasteiger charge is 2.15. The molecule has 0 spiro atoms. The SMILES string of the molecule is C=CCn1c(SCc2nccn2C(F)F)nc2sccc2c1=O. The van der Waals surface area contributed by atoms with E-state index in [0.29, 0.717) is 21.9 Å². The first kappa shape index (κ1) is 15.9. The number of halogens is 2. The summed E-state index contributed by atoms with van der Waals surface area (Å²) in [5.74, 6) is 0.424. The summed E-state index contributed by atoms with van der Waals surface area (Å²) in [6.07, 6.45) is 4.16. The van der Waals surface area contributed by atoms with Gasteiger partial charge in [-0.05, 0) is 11.4 Å². The summed E-state index contributed by atoms with van der Waals surface area (Å²) in [4.78, 5) is 21.5. The summed E-state index contributed by atoms with van der Waals surface area (Å²) in [5.41, 5.74) is -0.157. The number of alkyl halides is 2. The van der Waals surface area contributed by atoms with Gasteiger partial charge in [-0.3, -0.25) is 13.9 Å². The van der Waals surface area contributed by atoms with Crippen molar-refractivity contribution < 1.29 is 8.78 Å². The van der Waals surface area contributed by atoms with Crippen LogP contribution in [-0.4, -0.2) is 19.1 Å². The molecular weight excluding hydrogens is 342 g/mol. The number of nitrogens with zero attached hydrogens (tertiary/aromatic N) is 4. The van der Waals surface area contributed by atoms with E-state index >= 15 is 0 Å². The zero-order valence-electron chi connectivity index (χ0n) is 11.9. The molecule has 0 saturated carbocycles. The fourth-order valence-electron chi connectivity index (χ4n) is 2.09. The Morgan fingerprint density at radius 3 is 3.04 bits per heavy atom. The Kier molecular flexibility index (Phi) is 4.58. The first-order valence-electron chi connectivity index (χ1n) is 6.63. The van der Waals surface area contributed by atoms with Crippen molar-refractivity contribution in [2.45, 2.75) is 24.0 Å². The lowest BCUT2D eigenvalue weighted by atomic mass is 10.4. The molecule has 0 aliphatic rings. The van der Waals surface area contributed by atoms with Crippen LogP contribution in [0, 0.1) is 0 Å². The average Bonchev–Trinajstić information content (AvgIpc) is 3.17. The van der Waals surface area contributed by atoms with Gasteiger partial charge in [-0.1, -0.05) is 17.8 Å². The molecule has 3 heterocycles. The molecule has 0 aliphatic heterocycles. The molecule has 0 unspecified atom stereocenters. The van der Waals surface area contributed by atoms with Gasteiger partial charge < -0.3 is 0 Å². The van der Waals surface area contributed by atoms with Crippen molar-refractivity contribution in [3.63, 3.8) is 0 Å². The second-order valence-electron chi connectivity index (χ2n) is 4.56. The summed E-state index contributed by atoms with van der Waals surface area (Å²) in [7, 11) is 0. The van der Waals surface area contributed by atoms with E-state index in [1.807, 2.05) is 0 Å². The maximum atomic E-state index is 12.8. The molecule has 23 heavy (non-hydrogen) atoms. The normalized spacial score (nSPS) is 11.4. The van der Waals surface area contributed by atoms with Gasteiger partial charge in [0.2, 0.25) is 0 Å². The molecule has 0 N–H and O–H groups in total. The summed E-state index contributed by atoms with van der Waals surface area (Å²) < 4.78 is 28.0. The van der Waals surface area contributed by atoms with Crippen LogP contribution in [0.15, 0.2) is 46.4 Å². The fraction of sp³-hybridized carbons (Fsp3) is 0.214. The average molecular weight is 354 g/mol. The van der Waals surface area contributed by atoms with E-state index in [9.17, 15) is 13.6 Å². The number of hydrogen-bond acceptors (Lipinski definition) is 5. The fourth-order valence-corrected chi connectivity index (χ4v) is 3.86. The van der Waals surface area contributed by atoms with Crippen LogP contribution < -0.4 is 5.56 Å². The lowest BCUT2D eigenvalue weighted by molar-refractivity contribution is 0.0678. The molecule has 3 aromatic rings. The van der Waals surface area contributed by atoms with E-state index in [1.54, 1.807) is 17.5 Å². The van der Waals surface area contributed by atoms with E-state index in [0.717, 1.165) is 4.57 Å². The highest BCUT2D eigenvalue weighted by atomic mass is 32.2. The molecule has 0 fully saturated rings. The first-order chi connectivity index (χ1) is 11.1. The van der Waals surface area contributed by atoms with Crippen LogP contribution in [0.4, 0.5) is 8.78 Å². The zero-order chi connectivity index (χ0) is 16.4. The third kappa shape index (κ3) is 3.06. The second-order valence-corrected chi connectivity index (χ2v) is 6.39. The minimum absolute atomic E-state index is 0.157. The van der Waals surface area contributed by atoms with Gasteiger partial charge >= 0.3 is 6.55 Å². The summed E-state index contributed by atoms with van der Waals surface area (Å²) in [6.45, 7) is 1.31. The zero-order valence-corrected chi connectivity index (χ0v) is 13.5. The maximum Gasteiger partial charge on any atom is 0.319 e. The first-order valence-corrected chi connectivity index (χ1v) is 8.50. The monoisotopic (exact) mass is 354 g/mol. The van der Waals surface area contributed by atoms with Gasteiger partial charge in [0.05, 0.1) is 11.1 Å². The molecule has 5 nitrogen and oxygen atoms in total. The van der Waals surface area contributed by atoms with Crippen LogP contribution in [-0.2, 0) is 12.3 Å². The molecule has 0 aromatic carbocycles. The number of aromatic nitrogens is 4. The van der Waals surface area contributed by atoms with E-state index in [1.165, 1.54) is 40.1 Å². The predicted octanol–water partition coefficient (Wildman–Crippen LogP) is 3.53. The number of thiophene rings is 1. The van der Waals surface area contributed by atoms with E-state index in [2.05, 4.69) is 16.5 Å². The molecule has 0 amide bonds. The van der Waals surface area contributed by atoms with Crippen molar-refractivity contribution >= 4 is 33.3 Å². The third-order valence-corrected chi connectivity index (χ3v) is 4.93. The van der Waals surface area contributed by atoms with Gasteiger partial charge in [0.15, 0.2) is 5.16 Å². The molecule has 0 radical (unpaired) electrons. The quantitative estimate of drug-likeness (QED) is 0.386. The van der Waals surface area contributed by atoms with Crippen molar-refractivity contribution in [3.05, 3.63) is 52.7 Å². The second kappa shape index (κ2) is 6.63. The van der Waals surface area contributed by atoms with E-state index in [-0.39, 0.29) is 17.1 Å². The highest BCUT2D eigenvalue weighted by molar-refractivity contribution is 7.98. The molecule has 0 saturated heterocycles. The van der Waals surface area contributed by atoms with Gasteiger partial charge in [0.25, 0.3) is 5.56 Å². The van der Waals surface area contributed by atoms with Gasteiger partial charge in [0, 0.05) is 18.9 Å². The highest BCUT2D eigenvalue weighted by Crippen LogP contribution is 2.25. The lowest BCUT2D eigenvalue weighted by Crippen LogP contribution is -2.22.